The van der Waals surface area contributed by atoms with Crippen LogP contribution in [0.15, 0.2) is 48.5 Å². The highest BCUT2D eigenvalue weighted by Crippen LogP contribution is 2.31. The Morgan fingerprint density at radius 1 is 1.04 bits per heavy atom. The molecule has 0 aliphatic rings. The third-order valence-electron chi connectivity index (χ3n) is 3.69. The zero-order valence-corrected chi connectivity index (χ0v) is 14.6. The van der Waals surface area contributed by atoms with Crippen LogP contribution in [0.25, 0.3) is 0 Å². The van der Waals surface area contributed by atoms with Gasteiger partial charge in [-0.15, -0.1) is 0 Å². The molecule has 1 atom stereocenters. The van der Waals surface area contributed by atoms with Gasteiger partial charge in [-0.1, -0.05) is 36.4 Å². The van der Waals surface area contributed by atoms with Crippen LogP contribution in [0.1, 0.15) is 23.6 Å². The molecule has 26 heavy (non-hydrogen) atoms. The lowest BCUT2D eigenvalue weighted by molar-refractivity contribution is -0.137. The lowest BCUT2D eigenvalue weighted by Gasteiger charge is -2.19. The van der Waals surface area contributed by atoms with Crippen molar-refractivity contribution in [3.63, 3.8) is 0 Å². The van der Waals surface area contributed by atoms with Crippen molar-refractivity contribution in [3.05, 3.63) is 59.7 Å². The highest BCUT2D eigenvalue weighted by molar-refractivity contribution is 5.72. The van der Waals surface area contributed by atoms with Crippen LogP contribution in [0.3, 0.4) is 0 Å². The summed E-state index contributed by atoms with van der Waals surface area (Å²) in [5, 5.41) is 11.7. The average molecular weight is 359 g/mol. The van der Waals surface area contributed by atoms with E-state index in [1.54, 1.807) is 18.2 Å². The van der Waals surface area contributed by atoms with Crippen molar-refractivity contribution in [1.82, 2.24) is 5.32 Å². The Balaban J connectivity index is 2.09. The van der Waals surface area contributed by atoms with Crippen molar-refractivity contribution in [3.8, 4) is 11.5 Å². The maximum Gasteiger partial charge on any atom is 0.407 e. The third-order valence-corrected chi connectivity index (χ3v) is 3.69. The second kappa shape index (κ2) is 9.31. The SMILES string of the molecule is COc1ccc(C(CC(=O)O)NC(=O)OCc2ccccc2)cc1OC. The molecule has 0 heterocycles. The van der Waals surface area contributed by atoms with Crippen LogP contribution >= 0.6 is 0 Å². The molecule has 0 saturated heterocycles. The quantitative estimate of drug-likeness (QED) is 0.752. The molecule has 0 fully saturated rings. The topological polar surface area (TPSA) is 94.1 Å². The van der Waals surface area contributed by atoms with Crippen molar-refractivity contribution >= 4 is 12.1 Å². The number of alkyl carbamates (subject to hydrolysis) is 1. The maximum atomic E-state index is 12.1. The standard InChI is InChI=1S/C19H21NO6/c1-24-16-9-8-14(10-17(16)25-2)15(11-18(21)22)20-19(23)26-12-13-6-4-3-5-7-13/h3-10,15H,11-12H2,1-2H3,(H,20,23)(H,21,22). The van der Waals surface area contributed by atoms with Gasteiger partial charge >= 0.3 is 12.1 Å². The van der Waals surface area contributed by atoms with E-state index in [9.17, 15) is 9.59 Å². The Morgan fingerprint density at radius 3 is 2.35 bits per heavy atom. The van der Waals surface area contributed by atoms with Crippen LogP contribution in [-0.2, 0) is 16.1 Å². The molecule has 2 rings (SSSR count). The number of carboxylic acid groups (broad SMARTS) is 1. The second-order valence-electron chi connectivity index (χ2n) is 5.47. The first-order chi connectivity index (χ1) is 12.5. The molecule has 2 aromatic carbocycles. The summed E-state index contributed by atoms with van der Waals surface area (Å²) < 4.78 is 15.6. The first-order valence-corrected chi connectivity index (χ1v) is 7.94. The molecule has 1 amide bonds. The van der Waals surface area contributed by atoms with E-state index >= 15 is 0 Å². The molecule has 138 valence electrons. The second-order valence-corrected chi connectivity index (χ2v) is 5.47. The normalized spacial score (nSPS) is 11.3. The van der Waals surface area contributed by atoms with E-state index in [2.05, 4.69) is 5.32 Å². The Bertz CT molecular complexity index is 747. The van der Waals surface area contributed by atoms with Gasteiger partial charge < -0.3 is 24.6 Å². The van der Waals surface area contributed by atoms with Crippen LogP contribution in [0, 0.1) is 0 Å². The molecular weight excluding hydrogens is 338 g/mol. The molecule has 2 aromatic rings. The predicted molar refractivity (Wildman–Crippen MR) is 94.3 cm³/mol. The van der Waals surface area contributed by atoms with Gasteiger partial charge in [-0.25, -0.2) is 4.79 Å². The summed E-state index contributed by atoms with van der Waals surface area (Å²) in [7, 11) is 2.99. The van der Waals surface area contributed by atoms with Gasteiger partial charge in [-0.2, -0.15) is 0 Å². The van der Waals surface area contributed by atoms with Crippen LogP contribution in [0.2, 0.25) is 0 Å². The van der Waals surface area contributed by atoms with Crippen LogP contribution in [0.4, 0.5) is 4.79 Å². The van der Waals surface area contributed by atoms with Crippen LogP contribution in [0.5, 0.6) is 11.5 Å². The number of ether oxygens (including phenoxy) is 3. The fraction of sp³-hybridized carbons (Fsp3) is 0.263. The molecular formula is C19H21NO6. The minimum Gasteiger partial charge on any atom is -0.493 e. The highest BCUT2D eigenvalue weighted by atomic mass is 16.5. The van der Waals surface area contributed by atoms with Gasteiger partial charge in [0.05, 0.1) is 26.7 Å². The van der Waals surface area contributed by atoms with Gasteiger partial charge in [0.25, 0.3) is 0 Å². The smallest absolute Gasteiger partial charge is 0.407 e. The largest absolute Gasteiger partial charge is 0.493 e. The molecule has 7 heteroatoms. The molecule has 0 aliphatic carbocycles. The predicted octanol–water partition coefficient (Wildman–Crippen LogP) is 3.15. The van der Waals surface area contributed by atoms with Crippen molar-refractivity contribution in [1.29, 1.82) is 0 Å². The lowest BCUT2D eigenvalue weighted by Crippen LogP contribution is -2.30. The van der Waals surface area contributed by atoms with Crippen LogP contribution in [-0.4, -0.2) is 31.4 Å². The Hall–Kier alpha value is -3.22. The van der Waals surface area contributed by atoms with E-state index in [0.717, 1.165) is 5.56 Å². The van der Waals surface area contributed by atoms with E-state index in [-0.39, 0.29) is 13.0 Å². The fourth-order valence-corrected chi connectivity index (χ4v) is 2.40. The number of carbonyl (C=O) groups excluding carboxylic acids is 1. The molecule has 2 N–H and O–H groups in total. The van der Waals surface area contributed by atoms with E-state index in [1.807, 2.05) is 30.3 Å². The Morgan fingerprint density at radius 2 is 1.73 bits per heavy atom. The first-order valence-electron chi connectivity index (χ1n) is 7.94. The molecule has 0 spiro atoms. The number of hydrogen-bond acceptors (Lipinski definition) is 5. The van der Waals surface area contributed by atoms with Crippen molar-refractivity contribution in [2.24, 2.45) is 0 Å². The molecule has 0 saturated carbocycles. The summed E-state index contributed by atoms with van der Waals surface area (Å²) in [6.45, 7) is 0.0956. The zero-order chi connectivity index (χ0) is 18.9. The zero-order valence-electron chi connectivity index (χ0n) is 14.6. The molecule has 0 aliphatic heterocycles. The number of carboxylic acids is 1. The van der Waals surface area contributed by atoms with Gasteiger partial charge in [-0.3, -0.25) is 4.79 Å². The van der Waals surface area contributed by atoms with Crippen LogP contribution < -0.4 is 14.8 Å². The summed E-state index contributed by atoms with van der Waals surface area (Å²) in [6.07, 6.45) is -0.995. The molecule has 0 radical (unpaired) electrons. The third kappa shape index (κ3) is 5.41. The van der Waals surface area contributed by atoms with E-state index < -0.39 is 18.1 Å². The fourth-order valence-electron chi connectivity index (χ4n) is 2.40. The number of methoxy groups -OCH3 is 2. The summed E-state index contributed by atoms with van der Waals surface area (Å²) >= 11 is 0. The minimum atomic E-state index is -1.05. The van der Waals surface area contributed by atoms with E-state index in [1.165, 1.54) is 14.2 Å². The van der Waals surface area contributed by atoms with Gasteiger partial charge in [0.1, 0.15) is 6.61 Å². The molecule has 0 bridgehead atoms. The van der Waals surface area contributed by atoms with Gasteiger partial charge in [0.2, 0.25) is 0 Å². The van der Waals surface area contributed by atoms with Crippen molar-refractivity contribution < 1.29 is 28.9 Å². The van der Waals surface area contributed by atoms with Gasteiger partial charge in [0.15, 0.2) is 11.5 Å². The minimum absolute atomic E-state index is 0.0956. The average Bonchev–Trinajstić information content (AvgIpc) is 2.65. The summed E-state index contributed by atoms with van der Waals surface area (Å²) in [6, 6.07) is 13.4. The number of benzene rings is 2. The van der Waals surface area contributed by atoms with E-state index in [4.69, 9.17) is 19.3 Å². The van der Waals surface area contributed by atoms with Gasteiger partial charge in [0, 0.05) is 0 Å². The monoisotopic (exact) mass is 359 g/mol. The maximum absolute atomic E-state index is 12.1. The Kier molecular flexibility index (Phi) is 6.84. The lowest BCUT2D eigenvalue weighted by atomic mass is 10.0. The summed E-state index contributed by atoms with van der Waals surface area (Å²) in [5.74, 6) is -0.0926. The Labute approximate surface area is 151 Å². The summed E-state index contributed by atoms with van der Waals surface area (Å²) in [4.78, 5) is 23.3. The number of amides is 1. The number of rotatable bonds is 8. The van der Waals surface area contributed by atoms with Crippen molar-refractivity contribution in [2.75, 3.05) is 14.2 Å². The number of hydrogen-bond donors (Lipinski definition) is 2. The van der Waals surface area contributed by atoms with Crippen molar-refractivity contribution in [2.45, 2.75) is 19.1 Å². The molecule has 1 unspecified atom stereocenters. The molecule has 7 nitrogen and oxygen atoms in total. The first kappa shape index (κ1) is 19.1. The van der Waals surface area contributed by atoms with E-state index in [0.29, 0.717) is 17.1 Å². The van der Waals surface area contributed by atoms with Gasteiger partial charge in [-0.05, 0) is 23.3 Å². The highest BCUT2D eigenvalue weighted by Gasteiger charge is 2.20. The molecule has 0 aromatic heterocycles. The number of aliphatic carboxylic acids is 1. The number of carbonyl (C=O) groups is 2. The number of nitrogens with one attached hydrogen (secondary N) is 1. The summed E-state index contributed by atoms with van der Waals surface area (Å²) in [5.41, 5.74) is 1.41.